The van der Waals surface area contributed by atoms with Crippen LogP contribution in [0.1, 0.15) is 11.6 Å². The molecule has 0 bridgehead atoms. The molecule has 0 aromatic heterocycles. The Morgan fingerprint density at radius 3 is 2.07 bits per heavy atom. The van der Waals surface area contributed by atoms with Gasteiger partial charge in [0.05, 0.1) is 11.4 Å². The first kappa shape index (κ1) is 18.8. The van der Waals surface area contributed by atoms with E-state index in [1.807, 2.05) is 6.07 Å². The van der Waals surface area contributed by atoms with E-state index >= 15 is 0 Å². The second-order valence-electron chi connectivity index (χ2n) is 7.14. The topological polar surface area (TPSA) is 49.9 Å². The number of anilines is 2. The van der Waals surface area contributed by atoms with Gasteiger partial charge in [0, 0.05) is 10.6 Å². The molecule has 3 atom stereocenters. The van der Waals surface area contributed by atoms with Crippen molar-refractivity contribution >= 4 is 34.8 Å². The van der Waals surface area contributed by atoms with Gasteiger partial charge in [0.25, 0.3) is 5.91 Å². The zero-order valence-electron chi connectivity index (χ0n) is 15.6. The number of para-hydroxylation sites is 2. The number of rotatable bonds is 3. The summed E-state index contributed by atoms with van der Waals surface area (Å²) in [7, 11) is 0. The Morgan fingerprint density at radius 1 is 0.800 bits per heavy atom. The third-order valence-electron chi connectivity index (χ3n) is 5.44. The average molecular weight is 423 g/mol. The van der Waals surface area contributed by atoms with Gasteiger partial charge in [-0.3, -0.25) is 14.4 Å². The van der Waals surface area contributed by atoms with Gasteiger partial charge in [-0.05, 0) is 36.4 Å². The van der Waals surface area contributed by atoms with Crippen LogP contribution in [-0.2, 0) is 14.4 Å². The van der Waals surface area contributed by atoms with Crippen LogP contribution in [0.3, 0.4) is 0 Å². The number of hydroxylamine groups is 1. The van der Waals surface area contributed by atoms with Crippen LogP contribution in [0.2, 0.25) is 5.02 Å². The molecule has 2 heterocycles. The fourth-order valence-electron chi connectivity index (χ4n) is 4.13. The van der Waals surface area contributed by atoms with E-state index in [9.17, 15) is 14.0 Å². The number of imide groups is 1. The quantitative estimate of drug-likeness (QED) is 0.582. The van der Waals surface area contributed by atoms with Crippen molar-refractivity contribution in [2.75, 3.05) is 9.96 Å². The van der Waals surface area contributed by atoms with Crippen LogP contribution < -0.4 is 9.96 Å². The predicted octanol–water partition coefficient (Wildman–Crippen LogP) is 4.53. The van der Waals surface area contributed by atoms with E-state index in [0.29, 0.717) is 11.4 Å². The smallest absolute Gasteiger partial charge is 0.266 e. The van der Waals surface area contributed by atoms with Gasteiger partial charge in [-0.15, -0.1) is 0 Å². The zero-order chi connectivity index (χ0) is 20.8. The third-order valence-corrected chi connectivity index (χ3v) is 5.77. The molecule has 2 fully saturated rings. The van der Waals surface area contributed by atoms with Crippen molar-refractivity contribution in [2.24, 2.45) is 5.92 Å². The van der Waals surface area contributed by atoms with Crippen molar-refractivity contribution in [1.82, 2.24) is 0 Å². The lowest BCUT2D eigenvalue weighted by molar-refractivity contribution is -0.126. The molecular formula is C23H16ClFN2O3. The van der Waals surface area contributed by atoms with E-state index < -0.39 is 35.7 Å². The van der Waals surface area contributed by atoms with Crippen LogP contribution in [-0.4, -0.2) is 17.9 Å². The number of benzene rings is 3. The highest BCUT2D eigenvalue weighted by molar-refractivity contribution is 6.31. The summed E-state index contributed by atoms with van der Waals surface area (Å²) in [6.45, 7) is 0. The molecule has 2 saturated heterocycles. The first-order valence-corrected chi connectivity index (χ1v) is 9.83. The van der Waals surface area contributed by atoms with Crippen molar-refractivity contribution in [3.05, 3.63) is 95.3 Å². The Bertz CT molecular complexity index is 1110. The molecule has 30 heavy (non-hydrogen) atoms. The molecule has 3 aromatic rings. The maximum absolute atomic E-state index is 14.9. The van der Waals surface area contributed by atoms with E-state index in [1.54, 1.807) is 60.7 Å². The van der Waals surface area contributed by atoms with Crippen molar-refractivity contribution in [2.45, 2.75) is 12.1 Å². The molecule has 2 aliphatic rings. The number of halogens is 2. The lowest BCUT2D eigenvalue weighted by atomic mass is 9.90. The van der Waals surface area contributed by atoms with E-state index in [0.717, 1.165) is 4.90 Å². The maximum Gasteiger partial charge on any atom is 0.266 e. The molecule has 0 saturated carbocycles. The van der Waals surface area contributed by atoms with Gasteiger partial charge in [0.15, 0.2) is 6.10 Å². The number of hydrogen-bond donors (Lipinski definition) is 0. The molecule has 2 amide bonds. The normalized spacial score (nSPS) is 23.2. The standard InChI is InChI=1S/C23H16ClFN2O3/c24-16-12-7-13-17(25)18(16)20-19-21(30-27(20)15-10-5-2-6-11-15)23(29)26(22(19)28)14-8-3-1-4-9-14/h1-13,19-21H/t19-,20+,21+/m0/s1. The molecule has 5 rings (SSSR count). The Hall–Kier alpha value is -3.22. The van der Waals surface area contributed by atoms with E-state index in [-0.39, 0.29) is 10.6 Å². The molecular weight excluding hydrogens is 407 g/mol. The largest absolute Gasteiger partial charge is 0.273 e. The van der Waals surface area contributed by atoms with Crippen LogP contribution in [0.15, 0.2) is 78.9 Å². The highest BCUT2D eigenvalue weighted by Crippen LogP contribution is 2.49. The van der Waals surface area contributed by atoms with Gasteiger partial charge < -0.3 is 0 Å². The van der Waals surface area contributed by atoms with Gasteiger partial charge in [-0.2, -0.15) is 0 Å². The van der Waals surface area contributed by atoms with E-state index in [2.05, 4.69) is 0 Å². The van der Waals surface area contributed by atoms with Gasteiger partial charge >= 0.3 is 0 Å². The Kier molecular flexibility index (Phi) is 4.53. The number of carbonyl (C=O) groups excluding carboxylic acids is 2. The molecule has 0 N–H and O–H groups in total. The monoisotopic (exact) mass is 422 g/mol. The van der Waals surface area contributed by atoms with Crippen LogP contribution >= 0.6 is 11.6 Å². The second-order valence-corrected chi connectivity index (χ2v) is 7.55. The molecule has 0 radical (unpaired) electrons. The lowest BCUT2D eigenvalue weighted by Crippen LogP contribution is -2.37. The molecule has 7 heteroatoms. The van der Waals surface area contributed by atoms with Gasteiger partial charge in [-0.1, -0.05) is 54.1 Å². The summed E-state index contributed by atoms with van der Waals surface area (Å²) in [6.07, 6.45) is -1.07. The zero-order valence-corrected chi connectivity index (χ0v) is 16.4. The summed E-state index contributed by atoms with van der Waals surface area (Å²) in [6, 6.07) is 21.1. The van der Waals surface area contributed by atoms with Crippen LogP contribution in [0.4, 0.5) is 15.8 Å². The molecule has 150 valence electrons. The first-order valence-electron chi connectivity index (χ1n) is 9.46. The van der Waals surface area contributed by atoms with Crippen LogP contribution in [0.5, 0.6) is 0 Å². The number of amides is 2. The average Bonchev–Trinajstić information content (AvgIpc) is 3.26. The first-order chi connectivity index (χ1) is 14.6. The summed E-state index contributed by atoms with van der Waals surface area (Å²) in [5.74, 6) is -2.42. The molecule has 3 aromatic carbocycles. The number of hydrogen-bond acceptors (Lipinski definition) is 4. The minimum Gasteiger partial charge on any atom is -0.273 e. The molecule has 5 nitrogen and oxygen atoms in total. The highest BCUT2D eigenvalue weighted by atomic mass is 35.5. The van der Waals surface area contributed by atoms with E-state index in [1.165, 1.54) is 17.2 Å². The fourth-order valence-corrected chi connectivity index (χ4v) is 4.41. The molecule has 0 spiro atoms. The summed E-state index contributed by atoms with van der Waals surface area (Å²) >= 11 is 6.36. The maximum atomic E-state index is 14.9. The third kappa shape index (κ3) is 2.80. The van der Waals surface area contributed by atoms with Crippen molar-refractivity contribution in [3.8, 4) is 0 Å². The summed E-state index contributed by atoms with van der Waals surface area (Å²) < 4.78 is 14.9. The summed E-state index contributed by atoms with van der Waals surface area (Å²) in [4.78, 5) is 33.7. The number of fused-ring (bicyclic) bond motifs is 1. The minimum absolute atomic E-state index is 0.131. The number of carbonyl (C=O) groups is 2. The number of nitrogens with zero attached hydrogens (tertiary/aromatic N) is 2. The van der Waals surface area contributed by atoms with Crippen LogP contribution in [0.25, 0.3) is 0 Å². The predicted molar refractivity (Wildman–Crippen MR) is 110 cm³/mol. The summed E-state index contributed by atoms with van der Waals surface area (Å²) in [5, 5.41) is 1.60. The van der Waals surface area contributed by atoms with Gasteiger partial charge in [-0.25, -0.2) is 14.4 Å². The highest BCUT2D eigenvalue weighted by Gasteiger charge is 2.61. The molecule has 2 aliphatic heterocycles. The van der Waals surface area contributed by atoms with Crippen molar-refractivity contribution in [3.63, 3.8) is 0 Å². The van der Waals surface area contributed by atoms with Crippen molar-refractivity contribution in [1.29, 1.82) is 0 Å². The Morgan fingerprint density at radius 2 is 1.43 bits per heavy atom. The fraction of sp³-hybridized carbons (Fsp3) is 0.130. The van der Waals surface area contributed by atoms with Gasteiger partial charge in [0.2, 0.25) is 5.91 Å². The Labute approximate surface area is 177 Å². The SMILES string of the molecule is O=C1[C@H]2[C@@H](c3c(F)cccc3Cl)N(c3ccccc3)O[C@H]2C(=O)N1c1ccccc1. The summed E-state index contributed by atoms with van der Waals surface area (Å²) in [5.41, 5.74) is 1.19. The Balaban J connectivity index is 1.64. The van der Waals surface area contributed by atoms with Gasteiger partial charge in [0.1, 0.15) is 17.8 Å². The second kappa shape index (κ2) is 7.23. The van der Waals surface area contributed by atoms with E-state index in [4.69, 9.17) is 16.4 Å². The molecule has 0 aliphatic carbocycles. The van der Waals surface area contributed by atoms with Crippen LogP contribution in [0, 0.1) is 11.7 Å². The lowest BCUT2D eigenvalue weighted by Gasteiger charge is -2.29. The molecule has 0 unspecified atom stereocenters. The minimum atomic E-state index is -1.07. The van der Waals surface area contributed by atoms with Crippen molar-refractivity contribution < 1.29 is 18.8 Å².